The molecule has 0 saturated carbocycles. The molecule has 1 N–H and O–H groups in total. The summed E-state index contributed by atoms with van der Waals surface area (Å²) in [5.41, 5.74) is 0. The number of ether oxygens (including phenoxy) is 1. The van der Waals surface area contributed by atoms with E-state index in [9.17, 15) is 8.42 Å². The molecule has 1 aromatic carbocycles. The number of sulfonamides is 1. The Morgan fingerprint density at radius 3 is 2.65 bits per heavy atom. The van der Waals surface area contributed by atoms with Gasteiger partial charge in [0.2, 0.25) is 10.0 Å². The number of halogens is 2. The molecule has 2 rings (SSSR count). The number of rotatable bonds is 5. The van der Waals surface area contributed by atoms with Gasteiger partial charge >= 0.3 is 0 Å². The molecule has 0 atom stereocenters. The molecule has 20 heavy (non-hydrogen) atoms. The second kappa shape index (κ2) is 6.32. The third-order valence-corrected chi connectivity index (χ3v) is 5.55. The van der Waals surface area contributed by atoms with E-state index in [4.69, 9.17) is 27.9 Å². The van der Waals surface area contributed by atoms with E-state index in [-0.39, 0.29) is 21.5 Å². The van der Waals surface area contributed by atoms with Gasteiger partial charge in [0.05, 0.1) is 17.2 Å². The number of methoxy groups -OCH3 is 1. The van der Waals surface area contributed by atoms with Crippen LogP contribution in [0.15, 0.2) is 34.5 Å². The van der Waals surface area contributed by atoms with Crippen LogP contribution in [0.5, 0.6) is 5.75 Å². The molecule has 0 radical (unpaired) electrons. The maximum atomic E-state index is 12.2. The maximum absolute atomic E-state index is 12.2. The van der Waals surface area contributed by atoms with Crippen molar-refractivity contribution in [2.24, 2.45) is 0 Å². The smallest absolute Gasteiger partial charge is 0.242 e. The number of benzene rings is 1. The van der Waals surface area contributed by atoms with E-state index in [0.29, 0.717) is 5.75 Å². The third-order valence-electron chi connectivity index (χ3n) is 2.51. The first-order valence-corrected chi connectivity index (χ1v) is 8.61. The van der Waals surface area contributed by atoms with Crippen molar-refractivity contribution in [2.75, 3.05) is 7.11 Å². The summed E-state index contributed by atoms with van der Waals surface area (Å²) in [5, 5.41) is 2.12. The fourth-order valence-electron chi connectivity index (χ4n) is 1.53. The molecule has 0 bridgehead atoms. The van der Waals surface area contributed by atoms with E-state index < -0.39 is 10.0 Å². The first-order valence-electron chi connectivity index (χ1n) is 5.49. The highest BCUT2D eigenvalue weighted by Crippen LogP contribution is 2.33. The monoisotopic (exact) mass is 351 g/mol. The number of thiophene rings is 1. The summed E-state index contributed by atoms with van der Waals surface area (Å²) in [6, 6.07) is 6.35. The Bertz CT molecular complexity index is 700. The lowest BCUT2D eigenvalue weighted by atomic mass is 10.3. The molecule has 0 fully saturated rings. The number of hydrogen-bond acceptors (Lipinski definition) is 4. The van der Waals surface area contributed by atoms with Gasteiger partial charge < -0.3 is 4.74 Å². The lowest BCUT2D eigenvalue weighted by molar-refractivity contribution is 0.414. The fraction of sp³-hybridized carbons (Fsp3) is 0.167. The second-order valence-electron chi connectivity index (χ2n) is 3.82. The topological polar surface area (TPSA) is 55.4 Å². The van der Waals surface area contributed by atoms with Crippen LogP contribution in [0.3, 0.4) is 0 Å². The van der Waals surface area contributed by atoms with E-state index in [1.165, 1.54) is 30.6 Å². The van der Waals surface area contributed by atoms with Gasteiger partial charge in [0.25, 0.3) is 0 Å². The van der Waals surface area contributed by atoms with Crippen molar-refractivity contribution in [2.45, 2.75) is 11.4 Å². The lowest BCUT2D eigenvalue weighted by Gasteiger charge is -2.10. The van der Waals surface area contributed by atoms with Gasteiger partial charge in [0.1, 0.15) is 10.6 Å². The highest BCUT2D eigenvalue weighted by molar-refractivity contribution is 7.89. The zero-order valence-electron chi connectivity index (χ0n) is 10.4. The molecule has 2 aromatic rings. The van der Waals surface area contributed by atoms with E-state index in [0.717, 1.165) is 4.88 Å². The Kier molecular flexibility index (Phi) is 4.93. The summed E-state index contributed by atoms with van der Waals surface area (Å²) in [5.74, 6) is 0.328. The normalized spacial score (nSPS) is 11.6. The minimum atomic E-state index is -3.73. The summed E-state index contributed by atoms with van der Waals surface area (Å²) in [6.45, 7) is 0.208. The lowest BCUT2D eigenvalue weighted by Crippen LogP contribution is -2.23. The Labute approximate surface area is 131 Å². The average molecular weight is 352 g/mol. The second-order valence-corrected chi connectivity index (χ2v) is 7.40. The molecule has 0 saturated heterocycles. The first kappa shape index (κ1) is 15.6. The molecule has 0 aliphatic heterocycles. The molecule has 0 spiro atoms. The van der Waals surface area contributed by atoms with Crippen LogP contribution >= 0.6 is 34.5 Å². The summed E-state index contributed by atoms with van der Waals surface area (Å²) in [6.07, 6.45) is 0. The van der Waals surface area contributed by atoms with E-state index in [2.05, 4.69) is 4.72 Å². The molecule has 1 heterocycles. The predicted molar refractivity (Wildman–Crippen MR) is 81.4 cm³/mol. The van der Waals surface area contributed by atoms with Crippen molar-refractivity contribution >= 4 is 44.6 Å². The van der Waals surface area contributed by atoms with Gasteiger partial charge in [-0.15, -0.1) is 11.3 Å². The van der Waals surface area contributed by atoms with Crippen LogP contribution in [0.4, 0.5) is 0 Å². The van der Waals surface area contributed by atoms with Crippen LogP contribution in [-0.2, 0) is 16.6 Å². The summed E-state index contributed by atoms with van der Waals surface area (Å²) in [4.78, 5) is 0.839. The van der Waals surface area contributed by atoms with E-state index in [1.54, 1.807) is 0 Å². The van der Waals surface area contributed by atoms with Gasteiger partial charge in [-0.1, -0.05) is 29.3 Å². The van der Waals surface area contributed by atoms with Gasteiger partial charge in [-0.05, 0) is 17.5 Å². The molecular weight excluding hydrogens is 341 g/mol. The molecule has 1 aromatic heterocycles. The molecule has 0 unspecified atom stereocenters. The Hall–Kier alpha value is -0.790. The van der Waals surface area contributed by atoms with Crippen LogP contribution < -0.4 is 9.46 Å². The molecular formula is C12H11Cl2NO3S2. The number of nitrogens with one attached hydrogen (secondary N) is 1. The molecule has 0 amide bonds. The minimum absolute atomic E-state index is 0.0601. The minimum Gasteiger partial charge on any atom is -0.495 e. The number of hydrogen-bond donors (Lipinski definition) is 1. The highest BCUT2D eigenvalue weighted by atomic mass is 35.5. The Morgan fingerprint density at radius 1 is 1.30 bits per heavy atom. The van der Waals surface area contributed by atoms with Crippen molar-refractivity contribution in [3.05, 3.63) is 44.6 Å². The van der Waals surface area contributed by atoms with Crippen LogP contribution in [0, 0.1) is 0 Å². The van der Waals surface area contributed by atoms with Gasteiger partial charge in [0, 0.05) is 17.5 Å². The molecule has 4 nitrogen and oxygen atoms in total. The Balaban J connectivity index is 2.27. The zero-order chi connectivity index (χ0) is 14.8. The van der Waals surface area contributed by atoms with E-state index >= 15 is 0 Å². The SMILES string of the molecule is COc1cc(Cl)c(S(=O)(=O)NCc2cccs2)cc1Cl. The standard InChI is InChI=1S/C12H11Cl2NO3S2/c1-18-11-5-10(14)12(6-9(11)13)20(16,17)15-7-8-3-2-4-19-8/h2-6,15H,7H2,1H3. The van der Waals surface area contributed by atoms with Crippen molar-refractivity contribution in [3.8, 4) is 5.75 Å². The van der Waals surface area contributed by atoms with Crippen LogP contribution in [0.1, 0.15) is 4.88 Å². The predicted octanol–water partition coefficient (Wildman–Crippen LogP) is 3.54. The van der Waals surface area contributed by atoms with Crippen LogP contribution in [0.25, 0.3) is 0 Å². The largest absolute Gasteiger partial charge is 0.495 e. The third kappa shape index (κ3) is 3.45. The molecule has 0 aliphatic rings. The fourth-order valence-corrected chi connectivity index (χ4v) is 4.12. The van der Waals surface area contributed by atoms with Crippen molar-refractivity contribution in [3.63, 3.8) is 0 Å². The quantitative estimate of drug-likeness (QED) is 0.896. The van der Waals surface area contributed by atoms with Crippen molar-refractivity contribution < 1.29 is 13.2 Å². The van der Waals surface area contributed by atoms with Gasteiger partial charge in [-0.2, -0.15) is 0 Å². The highest BCUT2D eigenvalue weighted by Gasteiger charge is 2.20. The molecule has 108 valence electrons. The van der Waals surface area contributed by atoms with Gasteiger partial charge in [0.15, 0.2) is 0 Å². The molecule has 8 heteroatoms. The van der Waals surface area contributed by atoms with Crippen LogP contribution in [0.2, 0.25) is 10.0 Å². The van der Waals surface area contributed by atoms with Crippen LogP contribution in [-0.4, -0.2) is 15.5 Å². The summed E-state index contributed by atoms with van der Waals surface area (Å²) >= 11 is 13.4. The summed E-state index contributed by atoms with van der Waals surface area (Å²) in [7, 11) is -2.30. The van der Waals surface area contributed by atoms with Gasteiger partial charge in [-0.25, -0.2) is 13.1 Å². The zero-order valence-corrected chi connectivity index (χ0v) is 13.5. The first-order chi connectivity index (χ1) is 9.44. The molecule has 0 aliphatic carbocycles. The van der Waals surface area contributed by atoms with Crippen molar-refractivity contribution in [1.29, 1.82) is 0 Å². The van der Waals surface area contributed by atoms with Gasteiger partial charge in [-0.3, -0.25) is 0 Å². The van der Waals surface area contributed by atoms with E-state index in [1.807, 2.05) is 17.5 Å². The van der Waals surface area contributed by atoms with Crippen molar-refractivity contribution in [1.82, 2.24) is 4.72 Å². The maximum Gasteiger partial charge on any atom is 0.242 e. The average Bonchev–Trinajstić information content (AvgIpc) is 2.92. The summed E-state index contributed by atoms with van der Waals surface area (Å²) < 4.78 is 31.9. The Morgan fingerprint density at radius 2 is 2.05 bits per heavy atom.